The van der Waals surface area contributed by atoms with E-state index in [1.54, 1.807) is 6.08 Å². The first-order chi connectivity index (χ1) is 41.1. The lowest BCUT2D eigenvalue weighted by Crippen LogP contribution is -2.65. The second kappa shape index (κ2) is 55.5. The Hall–Kier alpha value is -1.53. The van der Waals surface area contributed by atoms with Crippen LogP contribution < -0.4 is 5.32 Å². The van der Waals surface area contributed by atoms with Crippen molar-refractivity contribution in [1.29, 1.82) is 0 Å². The number of unbranched alkanes of at least 4 members (excludes halogenated alkanes) is 44. The number of allylic oxidation sites excluding steroid dienone is 3. The Bertz CT molecular complexity index is 1500. The molecule has 2 heterocycles. The minimum absolute atomic E-state index is 0.234. The number of carbonyl (C=O) groups excluding carboxylic acids is 1. The summed E-state index contributed by atoms with van der Waals surface area (Å²) in [4.78, 5) is 13.3. The topological polar surface area (TPSA) is 228 Å². The molecule has 0 aromatic carbocycles. The zero-order valence-corrected chi connectivity index (χ0v) is 53.9. The van der Waals surface area contributed by atoms with E-state index in [0.29, 0.717) is 6.42 Å². The van der Waals surface area contributed by atoms with Gasteiger partial charge in [0, 0.05) is 6.42 Å². The first-order valence-corrected chi connectivity index (χ1v) is 35.6. The van der Waals surface area contributed by atoms with Crippen LogP contribution in [-0.4, -0.2) is 140 Å². The third kappa shape index (κ3) is 39.5. The van der Waals surface area contributed by atoms with Gasteiger partial charge in [0.05, 0.1) is 32.0 Å². The predicted molar refractivity (Wildman–Crippen MR) is 342 cm³/mol. The first-order valence-electron chi connectivity index (χ1n) is 35.6. The molecule has 12 unspecified atom stereocenters. The second-order valence-corrected chi connectivity index (χ2v) is 25.4. The molecule has 14 heteroatoms. The van der Waals surface area contributed by atoms with Crippen molar-refractivity contribution in [3.8, 4) is 0 Å². The molecule has 2 aliphatic heterocycles. The molecule has 0 bridgehead atoms. The molecule has 0 aromatic heterocycles. The summed E-state index contributed by atoms with van der Waals surface area (Å²) in [6, 6.07) is -0.914. The number of nitrogens with one attached hydrogen (secondary N) is 1. The summed E-state index contributed by atoms with van der Waals surface area (Å²) in [5.74, 6) is -0.234. The fourth-order valence-corrected chi connectivity index (χ4v) is 11.9. The highest BCUT2D eigenvalue weighted by Gasteiger charge is 2.51. The van der Waals surface area contributed by atoms with Crippen molar-refractivity contribution >= 4 is 5.91 Å². The van der Waals surface area contributed by atoms with E-state index < -0.39 is 86.8 Å². The Morgan fingerprint density at radius 2 is 0.750 bits per heavy atom. The van der Waals surface area contributed by atoms with Crippen molar-refractivity contribution in [1.82, 2.24) is 5.32 Å². The number of hydrogen-bond acceptors (Lipinski definition) is 13. The molecule has 1 amide bonds. The number of hydrogen-bond donors (Lipinski definition) is 9. The van der Waals surface area contributed by atoms with E-state index in [1.807, 2.05) is 6.08 Å². The summed E-state index contributed by atoms with van der Waals surface area (Å²) in [6.07, 6.45) is 52.3. The van der Waals surface area contributed by atoms with Crippen LogP contribution in [0, 0.1) is 0 Å². The van der Waals surface area contributed by atoms with E-state index >= 15 is 0 Å². The molecule has 496 valence electrons. The van der Waals surface area contributed by atoms with Crippen molar-refractivity contribution in [2.45, 2.75) is 396 Å². The summed E-state index contributed by atoms with van der Waals surface area (Å²) < 4.78 is 22.9. The highest BCUT2D eigenvalue weighted by Crippen LogP contribution is 2.30. The first kappa shape index (κ1) is 78.6. The molecule has 0 aliphatic carbocycles. The van der Waals surface area contributed by atoms with Crippen LogP contribution in [0.3, 0.4) is 0 Å². The molecule has 0 saturated carbocycles. The lowest BCUT2D eigenvalue weighted by molar-refractivity contribution is -0.359. The van der Waals surface area contributed by atoms with Gasteiger partial charge < -0.3 is 65.1 Å². The smallest absolute Gasteiger partial charge is 0.220 e. The Labute approximate surface area is 513 Å². The zero-order valence-electron chi connectivity index (χ0n) is 53.9. The van der Waals surface area contributed by atoms with E-state index in [-0.39, 0.29) is 18.9 Å². The molecule has 2 rings (SSSR count). The third-order valence-electron chi connectivity index (χ3n) is 17.6. The van der Waals surface area contributed by atoms with Gasteiger partial charge in [0.2, 0.25) is 5.91 Å². The molecule has 12 atom stereocenters. The normalized spacial score (nSPS) is 23.7. The van der Waals surface area contributed by atoms with Crippen molar-refractivity contribution < 1.29 is 64.6 Å². The van der Waals surface area contributed by atoms with Crippen LogP contribution in [0.1, 0.15) is 322 Å². The van der Waals surface area contributed by atoms with Crippen LogP contribution in [0.4, 0.5) is 0 Å². The zero-order chi connectivity index (χ0) is 60.9. The summed E-state index contributed by atoms with van der Waals surface area (Å²) in [7, 11) is 0. The van der Waals surface area contributed by atoms with Gasteiger partial charge >= 0.3 is 0 Å². The maximum atomic E-state index is 13.3. The molecular weight excluding hydrogens is 1060 g/mol. The molecule has 84 heavy (non-hydrogen) atoms. The predicted octanol–water partition coefficient (Wildman–Crippen LogP) is 14.3. The Balaban J connectivity index is 1.68. The summed E-state index contributed by atoms with van der Waals surface area (Å²) >= 11 is 0. The van der Waals surface area contributed by atoms with Gasteiger partial charge in [-0.25, -0.2) is 0 Å². The van der Waals surface area contributed by atoms with Crippen molar-refractivity contribution in [3.63, 3.8) is 0 Å². The fraction of sp³-hybridized carbons (Fsp3) is 0.929. The van der Waals surface area contributed by atoms with E-state index in [9.17, 15) is 45.6 Å². The van der Waals surface area contributed by atoms with Gasteiger partial charge in [-0.2, -0.15) is 0 Å². The van der Waals surface area contributed by atoms with E-state index in [0.717, 1.165) is 38.5 Å². The molecule has 2 aliphatic rings. The van der Waals surface area contributed by atoms with Gasteiger partial charge in [0.1, 0.15) is 48.8 Å². The van der Waals surface area contributed by atoms with Gasteiger partial charge in [-0.15, -0.1) is 0 Å². The van der Waals surface area contributed by atoms with Gasteiger partial charge in [0.25, 0.3) is 0 Å². The number of aliphatic hydroxyl groups excluding tert-OH is 8. The Morgan fingerprint density at radius 1 is 0.417 bits per heavy atom. The van der Waals surface area contributed by atoms with E-state index in [4.69, 9.17) is 18.9 Å². The molecule has 0 radical (unpaired) electrons. The van der Waals surface area contributed by atoms with Crippen LogP contribution in [-0.2, 0) is 23.7 Å². The highest BCUT2D eigenvalue weighted by atomic mass is 16.7. The van der Waals surface area contributed by atoms with Crippen molar-refractivity contribution in [2.24, 2.45) is 0 Å². The molecular formula is C70H133NO13. The maximum Gasteiger partial charge on any atom is 0.220 e. The molecule has 14 nitrogen and oxygen atoms in total. The Kier molecular flexibility index (Phi) is 51.9. The van der Waals surface area contributed by atoms with Crippen LogP contribution in [0.5, 0.6) is 0 Å². The minimum Gasteiger partial charge on any atom is -0.394 e. The van der Waals surface area contributed by atoms with Crippen LogP contribution >= 0.6 is 0 Å². The molecule has 9 N–H and O–H groups in total. The molecule has 2 saturated heterocycles. The average Bonchev–Trinajstić information content (AvgIpc) is 3.18. The SMILES string of the molecule is CCCCCCCCCC/C=C\CCCCCCCCCCCCCCCC(=O)NC(COC1OC(CO)C(OC2OC(CO)C(O)C(O)C2O)C(O)C1O)C(O)/C=C/CCCCCCCCCCCCCCCCCCCCCCCCC. The largest absolute Gasteiger partial charge is 0.394 e. The van der Waals surface area contributed by atoms with E-state index in [2.05, 4.69) is 31.3 Å². The number of ether oxygens (including phenoxy) is 4. The summed E-state index contributed by atoms with van der Waals surface area (Å²) in [6.45, 7) is 2.85. The second-order valence-electron chi connectivity index (χ2n) is 25.4. The van der Waals surface area contributed by atoms with Gasteiger partial charge in [-0.05, 0) is 44.9 Å². The van der Waals surface area contributed by atoms with Gasteiger partial charge in [-0.1, -0.05) is 295 Å². The lowest BCUT2D eigenvalue weighted by Gasteiger charge is -2.46. The average molecular weight is 1200 g/mol. The number of carbonyl (C=O) groups is 1. The third-order valence-corrected chi connectivity index (χ3v) is 17.6. The quantitative estimate of drug-likeness (QED) is 0.0204. The summed E-state index contributed by atoms with van der Waals surface area (Å²) in [5, 5.41) is 87.5. The maximum absolute atomic E-state index is 13.3. The molecule has 0 aromatic rings. The van der Waals surface area contributed by atoms with Crippen LogP contribution in [0.2, 0.25) is 0 Å². The standard InChI is InChI=1S/C70H133NO13/c1-3-5-7-9-11-13-15-17-19-21-23-25-27-29-31-33-35-37-39-41-43-45-47-49-51-53-59(74)58(57-81-69-67(80)65(78)68(61(56-73)83-69)84-70-66(79)64(77)63(76)60(55-72)82-70)71-62(75)54-52-50-48-46-44-42-40-38-36-34-32-30-28-26-24-22-20-18-16-14-12-10-8-6-4-2/h22,24,51,53,58-61,63-70,72-74,76-80H,3-21,23,25-50,52,54-57H2,1-2H3,(H,71,75)/b24-22-,53-51+. The monoisotopic (exact) mass is 1200 g/mol. The van der Waals surface area contributed by atoms with Crippen LogP contribution in [0.25, 0.3) is 0 Å². The fourth-order valence-electron chi connectivity index (χ4n) is 11.9. The minimum atomic E-state index is -1.79. The van der Waals surface area contributed by atoms with Gasteiger partial charge in [0.15, 0.2) is 12.6 Å². The number of amides is 1. The van der Waals surface area contributed by atoms with E-state index in [1.165, 1.54) is 257 Å². The number of rotatable bonds is 59. The Morgan fingerprint density at radius 3 is 1.13 bits per heavy atom. The highest BCUT2D eigenvalue weighted by molar-refractivity contribution is 5.76. The molecule has 0 spiro atoms. The summed E-state index contributed by atoms with van der Waals surface area (Å²) in [5.41, 5.74) is 0. The van der Waals surface area contributed by atoms with Crippen molar-refractivity contribution in [3.05, 3.63) is 24.3 Å². The molecule has 2 fully saturated rings. The van der Waals surface area contributed by atoms with Crippen molar-refractivity contribution in [2.75, 3.05) is 19.8 Å². The van der Waals surface area contributed by atoms with Gasteiger partial charge in [-0.3, -0.25) is 4.79 Å². The lowest BCUT2D eigenvalue weighted by atomic mass is 9.97. The van der Waals surface area contributed by atoms with Crippen LogP contribution in [0.15, 0.2) is 24.3 Å². The number of aliphatic hydroxyl groups is 8.